The zero-order chi connectivity index (χ0) is 19.5. The molecule has 0 spiro atoms. The van der Waals surface area contributed by atoms with Crippen LogP contribution in [0.2, 0.25) is 0 Å². The summed E-state index contributed by atoms with van der Waals surface area (Å²) in [6.45, 7) is 6.16. The number of hydrogen-bond donors (Lipinski definition) is 1. The van der Waals surface area contributed by atoms with Crippen LogP contribution in [0.25, 0.3) is 0 Å². The molecule has 27 heavy (non-hydrogen) atoms. The Labute approximate surface area is 211 Å². The molecule has 0 aromatic heterocycles. The molecule has 0 fully saturated rings. The second-order valence-corrected chi connectivity index (χ2v) is 8.31. The zero-order valence-electron chi connectivity index (χ0n) is 17.7. The van der Waals surface area contributed by atoms with Crippen LogP contribution in [0, 0.1) is 6.92 Å². The van der Waals surface area contributed by atoms with E-state index in [9.17, 15) is 8.42 Å². The van der Waals surface area contributed by atoms with Gasteiger partial charge >= 0.3 is 51.4 Å². The average Bonchev–Trinajstić information content (AvgIpc) is 2.63. The summed E-state index contributed by atoms with van der Waals surface area (Å²) >= 11 is 0. The van der Waals surface area contributed by atoms with Crippen LogP contribution in [0.1, 0.15) is 96.8 Å². The summed E-state index contributed by atoms with van der Waals surface area (Å²) in [6.07, 6.45) is 19.8. The fourth-order valence-corrected chi connectivity index (χ4v) is 3.29. The van der Waals surface area contributed by atoms with Crippen molar-refractivity contribution in [3.05, 3.63) is 37.3 Å². The van der Waals surface area contributed by atoms with Gasteiger partial charge in [-0.25, -0.2) is 0 Å². The minimum absolute atomic E-state index is 0. The van der Waals surface area contributed by atoms with Crippen molar-refractivity contribution in [2.45, 2.75) is 102 Å². The molecule has 1 N–H and O–H groups in total. The molecule has 0 saturated carbocycles. The quantitative estimate of drug-likeness (QED) is 0.211. The van der Waals surface area contributed by atoms with Gasteiger partial charge in [-0.15, -0.1) is 0 Å². The Balaban J connectivity index is 0. The summed E-state index contributed by atoms with van der Waals surface area (Å²) in [6, 6.07) is 7.42. The molecule has 152 valence electrons. The van der Waals surface area contributed by atoms with Crippen LogP contribution in [0.4, 0.5) is 0 Å². The van der Waals surface area contributed by atoms with Gasteiger partial charge in [-0.1, -0.05) is 109 Å². The predicted octanol–water partition coefficient (Wildman–Crippen LogP) is 4.24. The Kier molecular flexibility index (Phi) is 23.8. The van der Waals surface area contributed by atoms with Crippen LogP contribution in [0.3, 0.4) is 0 Å². The molecular formula is C22H39KO3S. The van der Waals surface area contributed by atoms with Crippen LogP contribution in [0.15, 0.2) is 35.2 Å². The van der Waals surface area contributed by atoms with Crippen molar-refractivity contribution in [3.8, 4) is 0 Å². The molecule has 1 rings (SSSR count). The van der Waals surface area contributed by atoms with Gasteiger partial charge in [-0.3, -0.25) is 4.55 Å². The Morgan fingerprint density at radius 3 is 1.41 bits per heavy atom. The maximum atomic E-state index is 10.4. The second-order valence-electron chi connectivity index (χ2n) is 6.88. The van der Waals surface area contributed by atoms with Crippen molar-refractivity contribution in [2.24, 2.45) is 0 Å². The van der Waals surface area contributed by atoms with E-state index in [0.717, 1.165) is 6.42 Å². The summed E-state index contributed by atoms with van der Waals surface area (Å²) in [5.74, 6) is 0. The van der Waals surface area contributed by atoms with Crippen molar-refractivity contribution < 1.29 is 64.4 Å². The van der Waals surface area contributed by atoms with Gasteiger partial charge < -0.3 is 6.92 Å². The molecule has 0 aliphatic heterocycles. The molecule has 0 aliphatic rings. The molecule has 0 bridgehead atoms. The molecule has 5 heteroatoms. The Morgan fingerprint density at radius 1 is 0.741 bits per heavy atom. The third-order valence-electron chi connectivity index (χ3n) is 4.39. The molecule has 0 heterocycles. The molecule has 0 unspecified atom stereocenters. The molecular weight excluding hydrogens is 383 g/mol. The number of rotatable bonds is 14. The molecule has 0 aliphatic carbocycles. The van der Waals surface area contributed by atoms with E-state index in [2.05, 4.69) is 13.8 Å². The smallest absolute Gasteiger partial charge is 0.343 e. The van der Waals surface area contributed by atoms with E-state index in [-0.39, 0.29) is 56.3 Å². The monoisotopic (exact) mass is 422 g/mol. The maximum absolute atomic E-state index is 10.4. The third kappa shape index (κ3) is 21.3. The number of unbranched alkanes of at least 4 members (excludes halogenated alkanes) is 13. The van der Waals surface area contributed by atoms with E-state index in [1.54, 1.807) is 18.2 Å². The van der Waals surface area contributed by atoms with Gasteiger partial charge in [0.1, 0.15) is 0 Å². The normalized spacial score (nSPS) is 10.6. The van der Waals surface area contributed by atoms with Crippen molar-refractivity contribution in [1.29, 1.82) is 0 Å². The average molecular weight is 423 g/mol. The van der Waals surface area contributed by atoms with Crippen LogP contribution in [-0.2, 0) is 10.1 Å². The first-order valence-corrected chi connectivity index (χ1v) is 11.8. The summed E-state index contributed by atoms with van der Waals surface area (Å²) in [7, 11) is -4.00. The minimum atomic E-state index is -4.00. The fourth-order valence-electron chi connectivity index (χ4n) is 2.79. The van der Waals surface area contributed by atoms with Crippen LogP contribution in [0.5, 0.6) is 0 Å². The standard InChI is InChI=1S/C16H33.C6H6O3S.K/c1-3-5-7-9-11-13-15-16-14-12-10-8-6-4-2;7-10(8,9)6-4-2-1-3-5-6;/h1,3-16H2,2H3;1-5H,(H,7,8,9);/q-1;;+1. The van der Waals surface area contributed by atoms with E-state index in [4.69, 9.17) is 4.55 Å². The molecule has 0 amide bonds. The van der Waals surface area contributed by atoms with Crippen LogP contribution >= 0.6 is 0 Å². The predicted molar refractivity (Wildman–Crippen MR) is 112 cm³/mol. The van der Waals surface area contributed by atoms with Gasteiger partial charge in [0.15, 0.2) is 0 Å². The SMILES string of the molecule is O=S(=O)(O)c1ccccc1.[CH2-]CCCCCCCCCCCCCCC.[K+]. The summed E-state index contributed by atoms with van der Waals surface area (Å²) < 4.78 is 29.2. The largest absolute Gasteiger partial charge is 1.00 e. The van der Waals surface area contributed by atoms with Crippen molar-refractivity contribution in [2.75, 3.05) is 0 Å². The maximum Gasteiger partial charge on any atom is 1.00 e. The molecule has 0 radical (unpaired) electrons. The Hall–Kier alpha value is 0.766. The summed E-state index contributed by atoms with van der Waals surface area (Å²) in [5.41, 5.74) is 0. The second kappa shape index (κ2) is 21.5. The number of hydrogen-bond acceptors (Lipinski definition) is 2. The topological polar surface area (TPSA) is 54.4 Å². The van der Waals surface area contributed by atoms with E-state index in [0.29, 0.717) is 0 Å². The molecule has 0 atom stereocenters. The Morgan fingerprint density at radius 2 is 1.11 bits per heavy atom. The van der Waals surface area contributed by atoms with Gasteiger partial charge in [-0.2, -0.15) is 14.8 Å². The first-order valence-electron chi connectivity index (χ1n) is 10.3. The van der Waals surface area contributed by atoms with Gasteiger partial charge in [-0.05, 0) is 12.1 Å². The zero-order valence-corrected chi connectivity index (χ0v) is 21.6. The van der Waals surface area contributed by atoms with Crippen LogP contribution in [-0.4, -0.2) is 13.0 Å². The van der Waals surface area contributed by atoms with Crippen molar-refractivity contribution >= 4 is 10.1 Å². The van der Waals surface area contributed by atoms with Gasteiger partial charge in [0.05, 0.1) is 4.90 Å². The van der Waals surface area contributed by atoms with Gasteiger partial charge in [0, 0.05) is 0 Å². The van der Waals surface area contributed by atoms with E-state index >= 15 is 0 Å². The van der Waals surface area contributed by atoms with Crippen molar-refractivity contribution in [1.82, 2.24) is 0 Å². The first kappa shape index (κ1) is 30.0. The third-order valence-corrected chi connectivity index (χ3v) is 5.26. The molecule has 3 nitrogen and oxygen atoms in total. The summed E-state index contributed by atoms with van der Waals surface area (Å²) in [5, 5.41) is 0. The molecule has 1 aromatic carbocycles. The van der Waals surface area contributed by atoms with Gasteiger partial charge in [0.2, 0.25) is 0 Å². The van der Waals surface area contributed by atoms with Gasteiger partial charge in [0.25, 0.3) is 10.1 Å². The van der Waals surface area contributed by atoms with Crippen LogP contribution < -0.4 is 51.4 Å². The fraction of sp³-hybridized carbons (Fsp3) is 0.682. The molecule has 0 saturated heterocycles. The molecule has 1 aromatic rings. The Bertz CT molecular complexity index is 490. The van der Waals surface area contributed by atoms with Crippen molar-refractivity contribution in [3.63, 3.8) is 0 Å². The minimum Gasteiger partial charge on any atom is -0.343 e. The van der Waals surface area contributed by atoms with E-state index < -0.39 is 10.1 Å². The van der Waals surface area contributed by atoms with E-state index in [1.165, 1.54) is 95.6 Å². The summed E-state index contributed by atoms with van der Waals surface area (Å²) in [4.78, 5) is -0.0741. The number of benzene rings is 1. The van der Waals surface area contributed by atoms with E-state index in [1.807, 2.05) is 0 Å². The first-order chi connectivity index (χ1) is 12.5.